The zero-order valence-electron chi connectivity index (χ0n) is 18.1. The fourth-order valence-corrected chi connectivity index (χ4v) is 3.87. The summed E-state index contributed by atoms with van der Waals surface area (Å²) in [6.07, 6.45) is 0.0245. The van der Waals surface area contributed by atoms with Gasteiger partial charge in [-0.1, -0.05) is 15.9 Å². The molecule has 0 bridgehead atoms. The number of nitro benzene ring substituents is 1. The molecule has 0 aliphatic carbocycles. The number of nitro groups is 1. The number of benzene rings is 3. The Hall–Kier alpha value is -3.92. The van der Waals surface area contributed by atoms with E-state index >= 15 is 0 Å². The number of anilines is 2. The lowest BCUT2D eigenvalue weighted by Crippen LogP contribution is -2.28. The first-order chi connectivity index (χ1) is 16.3. The first-order valence-electron chi connectivity index (χ1n) is 10.3. The van der Waals surface area contributed by atoms with Gasteiger partial charge in [0, 0.05) is 29.2 Å². The number of halogens is 1. The Morgan fingerprint density at radius 2 is 1.74 bits per heavy atom. The number of hydrogen-bond acceptors (Lipinski definition) is 6. The highest BCUT2D eigenvalue weighted by Crippen LogP contribution is 2.36. The van der Waals surface area contributed by atoms with Crippen LogP contribution in [0.2, 0.25) is 0 Å². The van der Waals surface area contributed by atoms with Crippen molar-refractivity contribution < 1.29 is 24.0 Å². The molecule has 1 atom stereocenters. The summed E-state index contributed by atoms with van der Waals surface area (Å²) in [4.78, 5) is 37.3. The van der Waals surface area contributed by atoms with Gasteiger partial charge in [-0.25, -0.2) is 0 Å². The Bertz CT molecular complexity index is 1230. The van der Waals surface area contributed by atoms with E-state index in [0.29, 0.717) is 22.9 Å². The second-order valence-corrected chi connectivity index (χ2v) is 8.50. The number of ether oxygens (including phenoxy) is 2. The van der Waals surface area contributed by atoms with Crippen LogP contribution in [0.5, 0.6) is 17.2 Å². The van der Waals surface area contributed by atoms with Crippen LogP contribution in [0.15, 0.2) is 71.2 Å². The van der Waals surface area contributed by atoms with E-state index in [1.807, 2.05) is 24.3 Å². The van der Waals surface area contributed by atoms with Crippen molar-refractivity contribution in [2.75, 3.05) is 23.9 Å². The third-order valence-corrected chi connectivity index (χ3v) is 5.86. The number of carbonyl (C=O) groups excluding carboxylic acids is 2. The van der Waals surface area contributed by atoms with E-state index in [9.17, 15) is 19.7 Å². The Labute approximate surface area is 203 Å². The van der Waals surface area contributed by atoms with Crippen LogP contribution in [0.25, 0.3) is 0 Å². The van der Waals surface area contributed by atoms with Gasteiger partial charge in [0.05, 0.1) is 29.7 Å². The maximum atomic E-state index is 12.8. The predicted octanol–water partition coefficient (Wildman–Crippen LogP) is 5.15. The molecule has 0 aromatic heterocycles. The Balaban J connectivity index is 1.40. The van der Waals surface area contributed by atoms with E-state index < -0.39 is 10.8 Å². The van der Waals surface area contributed by atoms with Crippen molar-refractivity contribution in [3.8, 4) is 17.2 Å². The molecule has 2 amide bonds. The molecule has 0 unspecified atom stereocenters. The van der Waals surface area contributed by atoms with Gasteiger partial charge >= 0.3 is 0 Å². The Kier molecular flexibility index (Phi) is 6.78. The summed E-state index contributed by atoms with van der Waals surface area (Å²) in [6, 6.07) is 18.4. The molecular formula is C24H20BrN3O6. The number of hydrogen-bond donors (Lipinski definition) is 1. The Morgan fingerprint density at radius 1 is 1.09 bits per heavy atom. The highest BCUT2D eigenvalue weighted by atomic mass is 79.9. The maximum absolute atomic E-state index is 12.8. The molecule has 0 radical (unpaired) electrons. The highest BCUT2D eigenvalue weighted by molar-refractivity contribution is 9.10. The van der Waals surface area contributed by atoms with E-state index in [-0.39, 0.29) is 36.2 Å². The summed E-state index contributed by atoms with van der Waals surface area (Å²) >= 11 is 3.38. The quantitative estimate of drug-likeness (QED) is 0.337. The topological polar surface area (TPSA) is 111 Å². The van der Waals surface area contributed by atoms with Gasteiger partial charge in [-0.05, 0) is 54.6 Å². The van der Waals surface area contributed by atoms with Crippen molar-refractivity contribution in [3.63, 3.8) is 0 Å². The number of carbonyl (C=O) groups is 2. The molecule has 34 heavy (non-hydrogen) atoms. The van der Waals surface area contributed by atoms with Crippen molar-refractivity contribution in [2.45, 2.75) is 6.42 Å². The van der Waals surface area contributed by atoms with Crippen LogP contribution in [0.1, 0.15) is 6.42 Å². The fourth-order valence-electron chi connectivity index (χ4n) is 3.61. The fraction of sp³-hybridized carbons (Fsp3) is 0.167. The van der Waals surface area contributed by atoms with E-state index in [1.165, 1.54) is 30.2 Å². The summed E-state index contributed by atoms with van der Waals surface area (Å²) in [7, 11) is 1.37. The zero-order valence-corrected chi connectivity index (χ0v) is 19.7. The van der Waals surface area contributed by atoms with Crippen molar-refractivity contribution in [3.05, 3.63) is 81.3 Å². The monoisotopic (exact) mass is 525 g/mol. The molecule has 4 rings (SSSR count). The van der Waals surface area contributed by atoms with Crippen molar-refractivity contribution in [1.82, 2.24) is 0 Å². The minimum atomic E-state index is -0.578. The first kappa shape index (κ1) is 23.2. The number of methoxy groups -OCH3 is 1. The van der Waals surface area contributed by atoms with Gasteiger partial charge in [0.2, 0.25) is 11.8 Å². The van der Waals surface area contributed by atoms with E-state index in [2.05, 4.69) is 21.2 Å². The number of amides is 2. The number of nitrogens with zero attached hydrogens (tertiary/aromatic N) is 2. The molecule has 1 N–H and O–H groups in total. The minimum Gasteiger partial charge on any atom is -0.494 e. The molecular weight excluding hydrogens is 506 g/mol. The summed E-state index contributed by atoms with van der Waals surface area (Å²) in [5, 5.41) is 13.8. The summed E-state index contributed by atoms with van der Waals surface area (Å²) in [5.74, 6) is 0.374. The molecule has 1 fully saturated rings. The van der Waals surface area contributed by atoms with Crippen LogP contribution in [-0.2, 0) is 9.59 Å². The van der Waals surface area contributed by atoms with Gasteiger partial charge in [0.25, 0.3) is 5.69 Å². The summed E-state index contributed by atoms with van der Waals surface area (Å²) in [6.45, 7) is 0.142. The molecule has 9 nitrogen and oxygen atoms in total. The summed E-state index contributed by atoms with van der Waals surface area (Å²) in [5.41, 5.74) is 0.823. The molecule has 1 saturated heterocycles. The number of nitrogens with one attached hydrogen (secondary N) is 1. The van der Waals surface area contributed by atoms with Crippen molar-refractivity contribution in [1.29, 1.82) is 0 Å². The molecule has 1 heterocycles. The number of rotatable bonds is 7. The summed E-state index contributed by atoms with van der Waals surface area (Å²) < 4.78 is 12.0. The van der Waals surface area contributed by atoms with E-state index in [1.54, 1.807) is 24.3 Å². The average molecular weight is 526 g/mol. The second kappa shape index (κ2) is 9.92. The predicted molar refractivity (Wildman–Crippen MR) is 129 cm³/mol. The lowest BCUT2D eigenvalue weighted by atomic mass is 10.1. The van der Waals surface area contributed by atoms with Crippen LogP contribution >= 0.6 is 15.9 Å². The van der Waals surface area contributed by atoms with Gasteiger partial charge in [-0.15, -0.1) is 0 Å². The van der Waals surface area contributed by atoms with Crippen molar-refractivity contribution >= 4 is 44.8 Å². The highest BCUT2D eigenvalue weighted by Gasteiger charge is 2.36. The lowest BCUT2D eigenvalue weighted by molar-refractivity contribution is -0.384. The van der Waals surface area contributed by atoms with E-state index in [4.69, 9.17) is 9.47 Å². The van der Waals surface area contributed by atoms with Gasteiger partial charge in [-0.3, -0.25) is 19.7 Å². The largest absolute Gasteiger partial charge is 0.494 e. The second-order valence-electron chi connectivity index (χ2n) is 7.59. The minimum absolute atomic E-state index is 0.0245. The molecule has 3 aromatic carbocycles. The van der Waals surface area contributed by atoms with Gasteiger partial charge in [0.1, 0.15) is 17.2 Å². The van der Waals surface area contributed by atoms with Crippen LogP contribution in [0.4, 0.5) is 17.1 Å². The standard InChI is InChI=1S/C24H20BrN3O6/c1-33-22-13-18(28(31)32)6-11-21(22)27-14-15(12-23(27)29)24(30)26-17-4-9-20(10-5-17)34-19-7-2-16(25)3-8-19/h2-11,13,15H,12,14H2,1H3,(H,26,30)/t15-/m1/s1. The van der Waals surface area contributed by atoms with Gasteiger partial charge < -0.3 is 19.7 Å². The molecule has 1 aliphatic heterocycles. The lowest BCUT2D eigenvalue weighted by Gasteiger charge is -2.19. The third kappa shape index (κ3) is 5.18. The molecule has 174 valence electrons. The van der Waals surface area contributed by atoms with Crippen LogP contribution in [-0.4, -0.2) is 30.4 Å². The van der Waals surface area contributed by atoms with Gasteiger partial charge in [-0.2, -0.15) is 0 Å². The smallest absolute Gasteiger partial charge is 0.273 e. The average Bonchev–Trinajstić information content (AvgIpc) is 3.22. The molecule has 0 saturated carbocycles. The molecule has 1 aliphatic rings. The van der Waals surface area contributed by atoms with Crippen LogP contribution in [0.3, 0.4) is 0 Å². The van der Waals surface area contributed by atoms with Crippen LogP contribution < -0.4 is 19.7 Å². The number of non-ortho nitro benzene ring substituents is 1. The Morgan fingerprint density at radius 3 is 2.35 bits per heavy atom. The normalized spacial score (nSPS) is 15.2. The molecule has 3 aromatic rings. The molecule has 10 heteroatoms. The SMILES string of the molecule is COc1cc([N+](=O)[O-])ccc1N1C[C@H](C(=O)Nc2ccc(Oc3ccc(Br)cc3)cc2)CC1=O. The maximum Gasteiger partial charge on any atom is 0.273 e. The van der Waals surface area contributed by atoms with Gasteiger partial charge in [0.15, 0.2) is 0 Å². The van der Waals surface area contributed by atoms with Crippen molar-refractivity contribution in [2.24, 2.45) is 5.92 Å². The first-order valence-corrected chi connectivity index (χ1v) is 11.1. The van der Waals surface area contributed by atoms with Crippen LogP contribution in [0, 0.1) is 16.0 Å². The molecule has 0 spiro atoms. The zero-order chi connectivity index (χ0) is 24.2. The van der Waals surface area contributed by atoms with E-state index in [0.717, 1.165) is 4.47 Å². The third-order valence-electron chi connectivity index (χ3n) is 5.33.